The maximum atomic E-state index is 13.4. The number of hydrogen-bond donors (Lipinski definition) is 3. The Morgan fingerprint density at radius 1 is 1.20 bits per heavy atom. The summed E-state index contributed by atoms with van der Waals surface area (Å²) < 4.78 is 46.1. The van der Waals surface area contributed by atoms with E-state index in [0.29, 0.717) is 34.5 Å². The van der Waals surface area contributed by atoms with Crippen molar-refractivity contribution >= 4 is 28.5 Å². The van der Waals surface area contributed by atoms with Crippen LogP contribution in [0.5, 0.6) is 5.75 Å². The van der Waals surface area contributed by atoms with Crippen LogP contribution in [0.25, 0.3) is 11.0 Å². The molecule has 0 spiro atoms. The molecule has 2 aliphatic rings. The van der Waals surface area contributed by atoms with E-state index in [1.807, 2.05) is 14.1 Å². The summed E-state index contributed by atoms with van der Waals surface area (Å²) in [6.07, 6.45) is -1.64. The van der Waals surface area contributed by atoms with Crippen molar-refractivity contribution < 1.29 is 27.5 Å². The average molecular weight is 569 g/mol. The molecule has 3 N–H and O–H groups in total. The van der Waals surface area contributed by atoms with Gasteiger partial charge >= 0.3 is 6.18 Å². The number of benzene rings is 2. The Bertz CT molecular complexity index is 1570. The fourth-order valence-electron chi connectivity index (χ4n) is 5.59. The molecule has 0 bridgehead atoms. The SMILES string of the molecule is CNC(=O)c1ccc(NCC#Cc2cc(C(=O)NC34CC3[C@H](N(C)C)C4)c3ncn(CC(F)(F)F)c3c2)c(OC)c1. The lowest BCUT2D eigenvalue weighted by Gasteiger charge is -2.39. The average Bonchev–Trinajstić information content (AvgIpc) is 3.26. The minimum atomic E-state index is -4.46. The number of aromatic nitrogens is 2. The molecule has 41 heavy (non-hydrogen) atoms. The first-order valence-electron chi connectivity index (χ1n) is 13.1. The Morgan fingerprint density at radius 3 is 2.63 bits per heavy atom. The third-order valence-corrected chi connectivity index (χ3v) is 7.81. The van der Waals surface area contributed by atoms with Crippen LogP contribution in [-0.4, -0.2) is 78.8 Å². The first-order valence-corrected chi connectivity index (χ1v) is 13.1. The molecule has 2 unspecified atom stereocenters. The number of anilines is 1. The van der Waals surface area contributed by atoms with Crippen LogP contribution in [0.2, 0.25) is 0 Å². The summed E-state index contributed by atoms with van der Waals surface area (Å²) in [6.45, 7) is -1.06. The van der Waals surface area contributed by atoms with E-state index in [9.17, 15) is 22.8 Å². The summed E-state index contributed by atoms with van der Waals surface area (Å²) >= 11 is 0. The van der Waals surface area contributed by atoms with Gasteiger partial charge in [0.1, 0.15) is 17.8 Å². The lowest BCUT2D eigenvalue weighted by molar-refractivity contribution is -0.139. The zero-order valence-corrected chi connectivity index (χ0v) is 23.1. The number of nitrogens with one attached hydrogen (secondary N) is 3. The van der Waals surface area contributed by atoms with E-state index in [1.165, 1.54) is 20.2 Å². The van der Waals surface area contributed by atoms with E-state index in [4.69, 9.17) is 4.74 Å². The van der Waals surface area contributed by atoms with Crippen molar-refractivity contribution in [2.45, 2.75) is 37.1 Å². The Labute approximate surface area is 235 Å². The van der Waals surface area contributed by atoms with Gasteiger partial charge in [0.05, 0.1) is 36.7 Å². The molecule has 9 nitrogen and oxygen atoms in total. The van der Waals surface area contributed by atoms with Gasteiger partial charge in [0.2, 0.25) is 0 Å². The molecule has 0 aliphatic heterocycles. The zero-order valence-electron chi connectivity index (χ0n) is 23.1. The molecular formula is C29H31F3N6O3. The minimum Gasteiger partial charge on any atom is -0.495 e. The van der Waals surface area contributed by atoms with Crippen LogP contribution in [0.3, 0.4) is 0 Å². The first kappa shape index (κ1) is 28.3. The van der Waals surface area contributed by atoms with Crippen LogP contribution in [0, 0.1) is 17.8 Å². The molecular weight excluding hydrogens is 537 g/mol. The van der Waals surface area contributed by atoms with Crippen molar-refractivity contribution in [3.8, 4) is 17.6 Å². The number of ether oxygens (including phenoxy) is 1. The van der Waals surface area contributed by atoms with Crippen molar-refractivity contribution in [2.75, 3.05) is 40.1 Å². The highest BCUT2D eigenvalue weighted by Crippen LogP contribution is 2.61. The molecule has 12 heteroatoms. The summed E-state index contributed by atoms with van der Waals surface area (Å²) in [5.74, 6) is 6.12. The minimum absolute atomic E-state index is 0.174. The predicted molar refractivity (Wildman–Crippen MR) is 148 cm³/mol. The number of alkyl halides is 3. The van der Waals surface area contributed by atoms with Crippen LogP contribution in [0.4, 0.5) is 18.9 Å². The Balaban J connectivity index is 1.38. The standard InChI is InChI=1S/C29H31F3N6O3/c1-33-26(39)18-7-8-21(24(12-18)41-4)34-9-5-6-17-10-19(25-22(11-17)38(16-35-25)15-29(30,31)32)27(40)36-28-13-20(28)23(14-28)37(2)3/h7-8,10-12,16,20,23,34H,9,13-15H2,1-4H3,(H,33,39)(H,36,40)/t20?,23-,28?/m1/s1. The number of carbonyl (C=O) groups excluding carboxylic acids is 2. The lowest BCUT2D eigenvalue weighted by atomic mass is 9.85. The van der Waals surface area contributed by atoms with E-state index < -0.39 is 12.7 Å². The normalized spacial score (nSPS) is 20.9. The molecule has 216 valence electrons. The second-order valence-corrected chi connectivity index (χ2v) is 10.7. The number of amides is 2. The van der Waals surface area contributed by atoms with Crippen molar-refractivity contribution in [3.05, 3.63) is 53.3 Å². The van der Waals surface area contributed by atoms with Gasteiger partial charge in [0, 0.05) is 29.8 Å². The van der Waals surface area contributed by atoms with Gasteiger partial charge in [0.25, 0.3) is 11.8 Å². The maximum Gasteiger partial charge on any atom is 0.406 e. The number of methoxy groups -OCH3 is 1. The molecule has 3 atom stereocenters. The van der Waals surface area contributed by atoms with E-state index in [-0.39, 0.29) is 40.5 Å². The number of nitrogens with zero attached hydrogens (tertiary/aromatic N) is 3. The molecule has 2 aromatic carbocycles. The van der Waals surface area contributed by atoms with Crippen molar-refractivity contribution in [1.82, 2.24) is 25.1 Å². The summed E-state index contributed by atoms with van der Waals surface area (Å²) in [5, 5.41) is 8.79. The van der Waals surface area contributed by atoms with Crippen LogP contribution >= 0.6 is 0 Å². The topological polar surface area (TPSA) is 101 Å². The van der Waals surface area contributed by atoms with Gasteiger partial charge in [-0.25, -0.2) is 4.98 Å². The van der Waals surface area contributed by atoms with Gasteiger partial charge in [-0.2, -0.15) is 13.2 Å². The van der Waals surface area contributed by atoms with Gasteiger partial charge in [-0.05, 0) is 63.2 Å². The zero-order chi connectivity index (χ0) is 29.5. The van der Waals surface area contributed by atoms with Crippen LogP contribution < -0.4 is 20.7 Å². The number of carbonyl (C=O) groups is 2. The number of imidazole rings is 1. The van der Waals surface area contributed by atoms with E-state index in [0.717, 1.165) is 23.7 Å². The second-order valence-electron chi connectivity index (χ2n) is 10.7. The lowest BCUT2D eigenvalue weighted by Crippen LogP contribution is -2.54. The van der Waals surface area contributed by atoms with Crippen molar-refractivity contribution in [3.63, 3.8) is 0 Å². The highest BCUT2D eigenvalue weighted by atomic mass is 19.4. The largest absolute Gasteiger partial charge is 0.495 e. The van der Waals surface area contributed by atoms with Gasteiger partial charge < -0.3 is 30.2 Å². The molecule has 1 aromatic heterocycles. The predicted octanol–water partition coefficient (Wildman–Crippen LogP) is 3.25. The van der Waals surface area contributed by atoms with E-state index >= 15 is 0 Å². The van der Waals surface area contributed by atoms with Gasteiger partial charge in [0.15, 0.2) is 0 Å². The summed E-state index contributed by atoms with van der Waals surface area (Å²) in [4.78, 5) is 31.6. The third-order valence-electron chi connectivity index (χ3n) is 7.81. The number of fused-ring (bicyclic) bond motifs is 2. The van der Waals surface area contributed by atoms with Gasteiger partial charge in [-0.3, -0.25) is 9.59 Å². The van der Waals surface area contributed by atoms with E-state index in [1.54, 1.807) is 24.3 Å². The van der Waals surface area contributed by atoms with Crippen LogP contribution in [0.15, 0.2) is 36.7 Å². The molecule has 0 saturated heterocycles. The molecule has 2 aliphatic carbocycles. The second kappa shape index (κ2) is 10.6. The van der Waals surface area contributed by atoms with Gasteiger partial charge in [-0.15, -0.1) is 0 Å². The molecule has 5 rings (SSSR count). The fourth-order valence-corrected chi connectivity index (χ4v) is 5.59. The molecule has 2 saturated carbocycles. The van der Waals surface area contributed by atoms with Crippen molar-refractivity contribution in [2.24, 2.45) is 5.92 Å². The number of halogens is 3. The number of rotatable bonds is 8. The third kappa shape index (κ3) is 5.67. The molecule has 1 heterocycles. The number of hydrogen-bond acceptors (Lipinski definition) is 6. The quantitative estimate of drug-likeness (QED) is 0.361. The fraction of sp³-hybridized carbons (Fsp3) is 0.414. The van der Waals surface area contributed by atoms with Crippen LogP contribution in [-0.2, 0) is 6.54 Å². The smallest absolute Gasteiger partial charge is 0.406 e. The van der Waals surface area contributed by atoms with Crippen molar-refractivity contribution in [1.29, 1.82) is 0 Å². The summed E-state index contributed by atoms with van der Waals surface area (Å²) in [6, 6.07) is 8.43. The summed E-state index contributed by atoms with van der Waals surface area (Å²) in [5.41, 5.74) is 1.76. The van der Waals surface area contributed by atoms with Crippen LogP contribution in [0.1, 0.15) is 39.1 Å². The maximum absolute atomic E-state index is 13.4. The molecule has 3 aromatic rings. The Hall–Kier alpha value is -4.24. The Kier molecular flexibility index (Phi) is 7.33. The van der Waals surface area contributed by atoms with Gasteiger partial charge in [-0.1, -0.05) is 11.8 Å². The highest BCUT2D eigenvalue weighted by molar-refractivity contribution is 6.06. The first-order chi connectivity index (χ1) is 19.4. The molecule has 0 radical (unpaired) electrons. The highest BCUT2D eigenvalue weighted by Gasteiger charge is 2.68. The molecule has 2 fully saturated rings. The molecule has 2 amide bonds. The monoisotopic (exact) mass is 568 g/mol. The Morgan fingerprint density at radius 2 is 1.98 bits per heavy atom. The summed E-state index contributed by atoms with van der Waals surface area (Å²) in [7, 11) is 7.05. The van der Waals surface area contributed by atoms with E-state index in [2.05, 4.69) is 37.7 Å².